The lowest BCUT2D eigenvalue weighted by molar-refractivity contribution is 0.122. The highest BCUT2D eigenvalue weighted by Crippen LogP contribution is 2.29. The summed E-state index contributed by atoms with van der Waals surface area (Å²) in [5.41, 5.74) is 1.42. The first kappa shape index (κ1) is 17.8. The second-order valence-corrected chi connectivity index (χ2v) is 7.64. The Kier molecular flexibility index (Phi) is 5.36. The molecule has 0 saturated carbocycles. The fourth-order valence-electron chi connectivity index (χ4n) is 2.66. The third-order valence-electron chi connectivity index (χ3n) is 3.89. The first-order valence-corrected chi connectivity index (χ1v) is 9.65. The Bertz CT molecular complexity index is 851. The summed E-state index contributed by atoms with van der Waals surface area (Å²) in [5.74, 6) is 0.237. The van der Waals surface area contributed by atoms with Gasteiger partial charge in [-0.3, -0.25) is 4.72 Å². The zero-order chi connectivity index (χ0) is 17.9. The monoisotopic (exact) mass is 382 g/mol. The number of sulfonamides is 1. The number of nitrogens with one attached hydrogen (secondary N) is 1. The van der Waals surface area contributed by atoms with Gasteiger partial charge in [-0.25, -0.2) is 8.42 Å². The van der Waals surface area contributed by atoms with Crippen LogP contribution in [0, 0.1) is 0 Å². The summed E-state index contributed by atoms with van der Waals surface area (Å²) in [6.45, 7) is 2.88. The molecule has 8 heteroatoms. The number of rotatable bonds is 5. The van der Waals surface area contributed by atoms with E-state index in [1.807, 2.05) is 12.1 Å². The van der Waals surface area contributed by atoms with E-state index in [1.165, 1.54) is 19.2 Å². The number of morpholine rings is 1. The summed E-state index contributed by atoms with van der Waals surface area (Å²) in [4.78, 5) is 2.15. The number of halogens is 1. The largest absolute Gasteiger partial charge is 0.495 e. The van der Waals surface area contributed by atoms with E-state index < -0.39 is 10.0 Å². The minimum atomic E-state index is -3.83. The van der Waals surface area contributed by atoms with Crippen molar-refractivity contribution in [2.75, 3.05) is 43.0 Å². The molecule has 6 nitrogen and oxygen atoms in total. The van der Waals surface area contributed by atoms with Crippen LogP contribution in [0.4, 0.5) is 11.4 Å². The molecule has 1 aliphatic rings. The van der Waals surface area contributed by atoms with E-state index in [0.29, 0.717) is 23.9 Å². The molecule has 0 aliphatic carbocycles. The molecule has 3 rings (SSSR count). The Hall–Kier alpha value is -1.96. The van der Waals surface area contributed by atoms with Crippen LogP contribution < -0.4 is 14.4 Å². The number of anilines is 2. The Balaban J connectivity index is 1.87. The molecule has 0 unspecified atom stereocenters. The molecular weight excluding hydrogens is 364 g/mol. The summed E-state index contributed by atoms with van der Waals surface area (Å²) in [7, 11) is -2.41. The van der Waals surface area contributed by atoms with Crippen LogP contribution in [0.15, 0.2) is 47.4 Å². The van der Waals surface area contributed by atoms with Gasteiger partial charge in [0.05, 0.1) is 26.0 Å². The lowest BCUT2D eigenvalue weighted by atomic mass is 10.2. The minimum absolute atomic E-state index is 0.000671. The molecule has 0 atom stereocenters. The smallest absolute Gasteiger partial charge is 0.265 e. The molecule has 1 heterocycles. The predicted molar refractivity (Wildman–Crippen MR) is 98.3 cm³/mol. The summed E-state index contributed by atoms with van der Waals surface area (Å²) in [5, 5.41) is 0.322. The second-order valence-electron chi connectivity index (χ2n) is 5.55. The number of ether oxygens (including phenoxy) is 2. The molecule has 2 aromatic carbocycles. The molecule has 1 fully saturated rings. The highest BCUT2D eigenvalue weighted by atomic mass is 35.5. The van der Waals surface area contributed by atoms with Crippen molar-refractivity contribution in [1.82, 2.24) is 0 Å². The van der Waals surface area contributed by atoms with Crippen LogP contribution in [0.1, 0.15) is 0 Å². The minimum Gasteiger partial charge on any atom is -0.495 e. The quantitative estimate of drug-likeness (QED) is 0.861. The van der Waals surface area contributed by atoms with Crippen LogP contribution in [0.25, 0.3) is 0 Å². The van der Waals surface area contributed by atoms with Gasteiger partial charge in [0.15, 0.2) is 0 Å². The fraction of sp³-hybridized carbons (Fsp3) is 0.294. The molecule has 134 valence electrons. The lowest BCUT2D eigenvalue weighted by Crippen LogP contribution is -2.36. The SMILES string of the molecule is COc1ccc(Cl)cc1S(=O)(=O)Nc1cccc(N2CCOCC2)c1. The van der Waals surface area contributed by atoms with Crippen LogP contribution in [0.5, 0.6) is 5.75 Å². The van der Waals surface area contributed by atoms with Gasteiger partial charge in [0.2, 0.25) is 0 Å². The Morgan fingerprint density at radius 2 is 1.92 bits per heavy atom. The van der Waals surface area contributed by atoms with Crippen molar-refractivity contribution in [3.05, 3.63) is 47.5 Å². The standard InChI is InChI=1S/C17H19ClN2O4S/c1-23-16-6-5-13(18)11-17(16)25(21,22)19-14-3-2-4-15(12-14)20-7-9-24-10-8-20/h2-6,11-12,19H,7-10H2,1H3. The highest BCUT2D eigenvalue weighted by molar-refractivity contribution is 7.92. The van der Waals surface area contributed by atoms with E-state index in [9.17, 15) is 8.42 Å². The number of methoxy groups -OCH3 is 1. The van der Waals surface area contributed by atoms with Crippen molar-refractivity contribution in [3.63, 3.8) is 0 Å². The normalized spacial score (nSPS) is 15.0. The average molecular weight is 383 g/mol. The third-order valence-corrected chi connectivity index (χ3v) is 5.53. The first-order chi connectivity index (χ1) is 12.0. The molecule has 1 N–H and O–H groups in total. The van der Waals surface area contributed by atoms with Crippen LogP contribution >= 0.6 is 11.6 Å². The molecule has 1 aliphatic heterocycles. The van der Waals surface area contributed by atoms with Crippen molar-refractivity contribution < 1.29 is 17.9 Å². The van der Waals surface area contributed by atoms with Gasteiger partial charge >= 0.3 is 0 Å². The maximum absolute atomic E-state index is 12.7. The molecule has 0 radical (unpaired) electrons. The van der Waals surface area contributed by atoms with Gasteiger partial charge in [0.1, 0.15) is 10.6 Å². The Labute approximate surface area is 152 Å². The van der Waals surface area contributed by atoms with E-state index in [0.717, 1.165) is 18.8 Å². The zero-order valence-electron chi connectivity index (χ0n) is 13.7. The van der Waals surface area contributed by atoms with Crippen molar-refractivity contribution >= 4 is 33.0 Å². The van der Waals surface area contributed by atoms with Gasteiger partial charge in [-0.1, -0.05) is 17.7 Å². The highest BCUT2D eigenvalue weighted by Gasteiger charge is 2.21. The lowest BCUT2D eigenvalue weighted by Gasteiger charge is -2.29. The van der Waals surface area contributed by atoms with Gasteiger partial charge < -0.3 is 14.4 Å². The predicted octanol–water partition coefficient (Wildman–Crippen LogP) is 2.99. The molecule has 1 saturated heterocycles. The van der Waals surface area contributed by atoms with Crippen LogP contribution in [-0.2, 0) is 14.8 Å². The van der Waals surface area contributed by atoms with Crippen molar-refractivity contribution in [2.24, 2.45) is 0 Å². The van der Waals surface area contributed by atoms with E-state index in [4.69, 9.17) is 21.1 Å². The van der Waals surface area contributed by atoms with Crippen LogP contribution in [0.2, 0.25) is 5.02 Å². The topological polar surface area (TPSA) is 67.9 Å². The first-order valence-electron chi connectivity index (χ1n) is 7.79. The molecule has 0 spiro atoms. The summed E-state index contributed by atoms with van der Waals surface area (Å²) in [6.07, 6.45) is 0. The van der Waals surface area contributed by atoms with Gasteiger partial charge in [-0.05, 0) is 36.4 Å². The maximum Gasteiger partial charge on any atom is 0.265 e. The van der Waals surface area contributed by atoms with Crippen molar-refractivity contribution in [1.29, 1.82) is 0 Å². The molecule has 0 bridgehead atoms. The molecule has 2 aromatic rings. The van der Waals surface area contributed by atoms with Gasteiger partial charge in [-0.2, -0.15) is 0 Å². The molecule has 0 amide bonds. The van der Waals surface area contributed by atoms with Gasteiger partial charge in [0.25, 0.3) is 10.0 Å². The van der Waals surface area contributed by atoms with Crippen molar-refractivity contribution in [3.8, 4) is 5.75 Å². The molecule has 25 heavy (non-hydrogen) atoms. The van der Waals surface area contributed by atoms with Crippen LogP contribution in [-0.4, -0.2) is 41.8 Å². The van der Waals surface area contributed by atoms with E-state index in [2.05, 4.69) is 9.62 Å². The average Bonchev–Trinajstić information content (AvgIpc) is 2.62. The number of benzene rings is 2. The van der Waals surface area contributed by atoms with Crippen molar-refractivity contribution in [2.45, 2.75) is 4.90 Å². The van der Waals surface area contributed by atoms with Crippen LogP contribution in [0.3, 0.4) is 0 Å². The molecular formula is C17H19ClN2O4S. The van der Waals surface area contributed by atoms with Gasteiger partial charge in [-0.15, -0.1) is 0 Å². The maximum atomic E-state index is 12.7. The number of nitrogens with zero attached hydrogens (tertiary/aromatic N) is 1. The Morgan fingerprint density at radius 3 is 2.64 bits per heavy atom. The number of hydrogen-bond acceptors (Lipinski definition) is 5. The molecule has 0 aromatic heterocycles. The summed E-state index contributed by atoms with van der Waals surface area (Å²) < 4.78 is 38.6. The summed E-state index contributed by atoms with van der Waals surface area (Å²) in [6, 6.07) is 11.8. The Morgan fingerprint density at radius 1 is 1.16 bits per heavy atom. The third kappa shape index (κ3) is 4.18. The zero-order valence-corrected chi connectivity index (χ0v) is 15.3. The van der Waals surface area contributed by atoms with E-state index in [-0.39, 0.29) is 10.6 Å². The van der Waals surface area contributed by atoms with Gasteiger partial charge in [0, 0.05) is 23.8 Å². The fourth-order valence-corrected chi connectivity index (χ4v) is 4.14. The van der Waals surface area contributed by atoms with E-state index >= 15 is 0 Å². The van der Waals surface area contributed by atoms with E-state index in [1.54, 1.807) is 18.2 Å². The number of hydrogen-bond donors (Lipinski definition) is 1. The summed E-state index contributed by atoms with van der Waals surface area (Å²) >= 11 is 5.94. The second kappa shape index (κ2) is 7.51.